The summed E-state index contributed by atoms with van der Waals surface area (Å²) in [7, 11) is 0. The van der Waals surface area contributed by atoms with E-state index in [-0.39, 0.29) is 11.9 Å². The monoisotopic (exact) mass is 336 g/mol. The number of likely N-dealkylation sites (tertiary alicyclic amines) is 1. The van der Waals surface area contributed by atoms with Crippen molar-refractivity contribution in [1.82, 2.24) is 15.4 Å². The number of hydrogen-bond donors (Lipinski definition) is 1. The van der Waals surface area contributed by atoms with Gasteiger partial charge in [-0.25, -0.2) is 10.5 Å². The number of piperidine rings is 1. The molecule has 1 fully saturated rings. The van der Waals surface area contributed by atoms with E-state index in [1.807, 2.05) is 20.0 Å². The van der Waals surface area contributed by atoms with E-state index in [1.54, 1.807) is 5.51 Å². The lowest BCUT2D eigenvalue weighted by atomic mass is 9.98. The number of carbonyl (C=O) groups is 1. The van der Waals surface area contributed by atoms with Crippen LogP contribution in [-0.2, 0) is 14.4 Å². The number of hydroxylamine groups is 1. The van der Waals surface area contributed by atoms with Crippen LogP contribution in [-0.4, -0.2) is 41.4 Å². The van der Waals surface area contributed by atoms with E-state index in [0.29, 0.717) is 24.9 Å². The molecule has 7 nitrogen and oxygen atoms in total. The molecule has 3 rings (SSSR count). The van der Waals surface area contributed by atoms with Crippen LogP contribution in [0.5, 0.6) is 0 Å². The Balaban J connectivity index is 1.66. The van der Waals surface area contributed by atoms with Crippen LogP contribution in [0.4, 0.5) is 0 Å². The van der Waals surface area contributed by atoms with Crippen molar-refractivity contribution in [3.63, 3.8) is 0 Å². The molecule has 23 heavy (non-hydrogen) atoms. The second kappa shape index (κ2) is 6.99. The molecule has 3 heterocycles. The van der Waals surface area contributed by atoms with Crippen molar-refractivity contribution in [2.24, 2.45) is 10.9 Å². The molecule has 0 amide bonds. The molecule has 0 spiro atoms. The van der Waals surface area contributed by atoms with Gasteiger partial charge in [-0.2, -0.15) is 4.99 Å². The van der Waals surface area contributed by atoms with Crippen molar-refractivity contribution in [3.05, 3.63) is 28.1 Å². The third-order valence-electron chi connectivity index (χ3n) is 3.79. The summed E-state index contributed by atoms with van der Waals surface area (Å²) in [5.41, 5.74) is 5.49. The molecule has 1 unspecified atom stereocenters. The normalized spacial score (nSPS) is 22.5. The van der Waals surface area contributed by atoms with Gasteiger partial charge in [0.2, 0.25) is 0 Å². The lowest BCUT2D eigenvalue weighted by Crippen LogP contribution is -2.36. The molecule has 1 atom stereocenters. The van der Waals surface area contributed by atoms with Gasteiger partial charge in [0.25, 0.3) is 5.90 Å². The average molecular weight is 336 g/mol. The van der Waals surface area contributed by atoms with Crippen LogP contribution in [0.2, 0.25) is 0 Å². The predicted molar refractivity (Wildman–Crippen MR) is 86.6 cm³/mol. The van der Waals surface area contributed by atoms with Gasteiger partial charge in [-0.1, -0.05) is 0 Å². The van der Waals surface area contributed by atoms with Gasteiger partial charge in [0.05, 0.1) is 23.7 Å². The average Bonchev–Trinajstić information content (AvgIpc) is 3.16. The van der Waals surface area contributed by atoms with Crippen molar-refractivity contribution < 1.29 is 14.4 Å². The highest BCUT2D eigenvalue weighted by Crippen LogP contribution is 2.21. The summed E-state index contributed by atoms with van der Waals surface area (Å²) in [5, 5.41) is 0. The molecule has 8 heteroatoms. The summed E-state index contributed by atoms with van der Waals surface area (Å²) < 4.78 is 5.12. The van der Waals surface area contributed by atoms with E-state index in [1.165, 1.54) is 11.3 Å². The minimum Gasteiger partial charge on any atom is -0.466 e. The Morgan fingerprint density at radius 2 is 2.52 bits per heavy atom. The Morgan fingerprint density at radius 1 is 1.65 bits per heavy atom. The fourth-order valence-corrected chi connectivity index (χ4v) is 3.39. The Kier molecular flexibility index (Phi) is 4.80. The Bertz CT molecular complexity index is 640. The van der Waals surface area contributed by atoms with Crippen LogP contribution >= 0.6 is 11.3 Å². The van der Waals surface area contributed by atoms with Gasteiger partial charge in [-0.05, 0) is 26.7 Å². The van der Waals surface area contributed by atoms with E-state index < -0.39 is 0 Å². The molecule has 0 bridgehead atoms. The highest BCUT2D eigenvalue weighted by Gasteiger charge is 2.26. The van der Waals surface area contributed by atoms with Crippen LogP contribution < -0.4 is 5.48 Å². The fourth-order valence-electron chi connectivity index (χ4n) is 2.66. The summed E-state index contributed by atoms with van der Waals surface area (Å²) in [5.74, 6) is 0.985. The van der Waals surface area contributed by atoms with Crippen molar-refractivity contribution in [2.45, 2.75) is 26.7 Å². The molecule has 0 saturated carbocycles. The summed E-state index contributed by atoms with van der Waals surface area (Å²) in [6.45, 7) is 5.72. The molecule has 1 saturated heterocycles. The zero-order valence-corrected chi connectivity index (χ0v) is 14.1. The number of aromatic nitrogens is 1. The molecule has 1 aromatic heterocycles. The first-order chi connectivity index (χ1) is 11.2. The van der Waals surface area contributed by atoms with Crippen LogP contribution in [0.15, 0.2) is 22.5 Å². The Labute approximate surface area is 139 Å². The number of aliphatic imine (C=N–C) groups is 1. The topological polar surface area (TPSA) is 76.0 Å². The van der Waals surface area contributed by atoms with Gasteiger partial charge in [0.15, 0.2) is 5.82 Å². The number of esters is 1. The summed E-state index contributed by atoms with van der Waals surface area (Å²) >= 11 is 1.50. The molecule has 0 aromatic carbocycles. The lowest BCUT2D eigenvalue weighted by molar-refractivity contribution is -0.149. The molecule has 1 N–H and O–H groups in total. The first-order valence-electron chi connectivity index (χ1n) is 7.72. The maximum atomic E-state index is 11.9. The fraction of sp³-hybridized carbons (Fsp3) is 0.533. The molecular formula is C15H20N4O3S. The number of ether oxygens (including phenoxy) is 1. The quantitative estimate of drug-likeness (QED) is 0.845. The molecule has 2 aliphatic rings. The highest BCUT2D eigenvalue weighted by atomic mass is 32.1. The van der Waals surface area contributed by atoms with E-state index in [0.717, 1.165) is 30.0 Å². The van der Waals surface area contributed by atoms with Gasteiger partial charge in [0.1, 0.15) is 4.88 Å². The van der Waals surface area contributed by atoms with Crippen molar-refractivity contribution in [3.8, 4) is 0 Å². The van der Waals surface area contributed by atoms with Crippen LogP contribution in [0.25, 0.3) is 0 Å². The first kappa shape index (κ1) is 15.8. The maximum Gasteiger partial charge on any atom is 0.310 e. The zero-order valence-electron chi connectivity index (χ0n) is 13.2. The van der Waals surface area contributed by atoms with Gasteiger partial charge in [-0.3, -0.25) is 4.79 Å². The van der Waals surface area contributed by atoms with Crippen LogP contribution in [0.1, 0.15) is 30.3 Å². The Morgan fingerprint density at radius 3 is 3.26 bits per heavy atom. The number of nitrogens with one attached hydrogen (secondary N) is 1. The molecule has 0 radical (unpaired) electrons. The molecule has 1 aromatic rings. The molecular weight excluding hydrogens is 316 g/mol. The maximum absolute atomic E-state index is 11.9. The van der Waals surface area contributed by atoms with Gasteiger partial charge >= 0.3 is 5.97 Å². The number of carbonyl (C=O) groups excluding carboxylic acids is 1. The number of thiazole rings is 1. The largest absolute Gasteiger partial charge is 0.466 e. The van der Waals surface area contributed by atoms with E-state index in [4.69, 9.17) is 9.57 Å². The zero-order chi connectivity index (χ0) is 16.2. The van der Waals surface area contributed by atoms with Gasteiger partial charge < -0.3 is 14.5 Å². The number of aryl methyl sites for hydroxylation is 1. The van der Waals surface area contributed by atoms with E-state index >= 15 is 0 Å². The van der Waals surface area contributed by atoms with Crippen LogP contribution in [0.3, 0.4) is 0 Å². The lowest BCUT2D eigenvalue weighted by Gasteiger charge is -2.30. The standard InChI is InChI=1S/C15H20N4O3S/c1-3-21-15(20)11-5-4-6-19(7-11)8-12-17-14(22-18-12)13-10(2)16-9-23-13/h8-9,11,18H,3-7H2,1-2H3. The highest BCUT2D eigenvalue weighted by molar-refractivity contribution is 7.11. The minimum absolute atomic E-state index is 0.0740. The second-order valence-corrected chi connectivity index (χ2v) is 6.34. The van der Waals surface area contributed by atoms with Crippen molar-refractivity contribution >= 4 is 23.2 Å². The summed E-state index contributed by atoms with van der Waals surface area (Å²) in [4.78, 5) is 29.0. The third-order valence-corrected chi connectivity index (χ3v) is 4.71. The van der Waals surface area contributed by atoms with Gasteiger partial charge in [0, 0.05) is 19.3 Å². The van der Waals surface area contributed by atoms with E-state index in [2.05, 4.69) is 20.4 Å². The van der Waals surface area contributed by atoms with Gasteiger partial charge in [-0.15, -0.1) is 11.3 Å². The molecule has 124 valence electrons. The Hall–Kier alpha value is -2.09. The van der Waals surface area contributed by atoms with Crippen molar-refractivity contribution in [1.29, 1.82) is 0 Å². The molecule has 2 aliphatic heterocycles. The first-order valence-corrected chi connectivity index (χ1v) is 8.60. The SMILES string of the molecule is CCOC(=O)C1CCCN(C=C2N=C(c3scnc3C)ON2)C1. The van der Waals surface area contributed by atoms with Crippen molar-refractivity contribution in [2.75, 3.05) is 19.7 Å². The smallest absolute Gasteiger partial charge is 0.310 e. The van der Waals surface area contributed by atoms with Crippen LogP contribution in [0, 0.1) is 12.8 Å². The third kappa shape index (κ3) is 3.64. The summed E-state index contributed by atoms with van der Waals surface area (Å²) in [6.07, 6.45) is 3.73. The minimum atomic E-state index is -0.115. The van der Waals surface area contributed by atoms with E-state index in [9.17, 15) is 4.79 Å². The number of rotatable bonds is 4. The summed E-state index contributed by atoms with van der Waals surface area (Å²) in [6, 6.07) is 0. The number of nitrogens with zero attached hydrogens (tertiary/aromatic N) is 3. The second-order valence-electron chi connectivity index (χ2n) is 5.49. The number of hydrogen-bond acceptors (Lipinski definition) is 8. The molecule has 0 aliphatic carbocycles. The predicted octanol–water partition coefficient (Wildman–Crippen LogP) is 1.81.